The molecule has 1 saturated heterocycles. The third kappa shape index (κ3) is 3.61. The fraction of sp³-hybridized carbons (Fsp3) is 0.500. The molecule has 1 amide bonds. The van der Waals surface area contributed by atoms with Crippen LogP contribution in [0, 0.1) is 0 Å². The number of hydrogen-bond donors (Lipinski definition) is 1. The predicted molar refractivity (Wildman–Crippen MR) is 76.0 cm³/mol. The summed E-state index contributed by atoms with van der Waals surface area (Å²) in [7, 11) is 3.65. The molecule has 5 heteroatoms. The highest BCUT2D eigenvalue weighted by atomic mass is 35.5. The van der Waals surface area contributed by atoms with Crippen LogP contribution in [0.1, 0.15) is 23.2 Å². The first-order chi connectivity index (χ1) is 9.10. The lowest BCUT2D eigenvalue weighted by Crippen LogP contribution is -2.43. The summed E-state index contributed by atoms with van der Waals surface area (Å²) in [5, 5.41) is 3.59. The maximum absolute atomic E-state index is 12.3. The summed E-state index contributed by atoms with van der Waals surface area (Å²) in [4.78, 5) is 14.5. The third-order valence-corrected chi connectivity index (χ3v) is 3.70. The SMILES string of the molecule is COc1ccc(Cl)cc1C(=O)NC1CCN(C)CC1. The van der Waals surface area contributed by atoms with E-state index in [0.717, 1.165) is 25.9 Å². The molecule has 104 valence electrons. The van der Waals surface area contributed by atoms with Crippen LogP contribution in [0.5, 0.6) is 5.75 Å². The molecule has 1 aromatic rings. The lowest BCUT2D eigenvalue weighted by molar-refractivity contribution is 0.0914. The molecule has 4 nitrogen and oxygen atoms in total. The summed E-state index contributed by atoms with van der Waals surface area (Å²) >= 11 is 5.94. The Morgan fingerprint density at radius 2 is 2.11 bits per heavy atom. The zero-order chi connectivity index (χ0) is 13.8. The van der Waals surface area contributed by atoms with Crippen LogP contribution in [0.15, 0.2) is 18.2 Å². The van der Waals surface area contributed by atoms with E-state index in [9.17, 15) is 4.79 Å². The summed E-state index contributed by atoms with van der Waals surface area (Å²) in [6.45, 7) is 2.02. The molecule has 0 unspecified atom stereocenters. The van der Waals surface area contributed by atoms with Gasteiger partial charge in [0.05, 0.1) is 12.7 Å². The second kappa shape index (κ2) is 6.26. The van der Waals surface area contributed by atoms with Crippen molar-refractivity contribution in [3.63, 3.8) is 0 Å². The van der Waals surface area contributed by atoms with Crippen molar-refractivity contribution in [3.8, 4) is 5.75 Å². The number of rotatable bonds is 3. The van der Waals surface area contributed by atoms with Crippen LogP contribution in [0.25, 0.3) is 0 Å². The molecular formula is C14H19ClN2O2. The predicted octanol–water partition coefficient (Wildman–Crippen LogP) is 2.17. The van der Waals surface area contributed by atoms with Crippen molar-refractivity contribution in [2.45, 2.75) is 18.9 Å². The largest absolute Gasteiger partial charge is 0.496 e. The molecule has 0 atom stereocenters. The number of carbonyl (C=O) groups excluding carboxylic acids is 1. The lowest BCUT2D eigenvalue weighted by Gasteiger charge is -2.29. The van der Waals surface area contributed by atoms with Gasteiger partial charge in [0.25, 0.3) is 5.91 Å². The third-order valence-electron chi connectivity index (χ3n) is 3.46. The van der Waals surface area contributed by atoms with E-state index in [1.165, 1.54) is 0 Å². The number of halogens is 1. The Morgan fingerprint density at radius 1 is 1.42 bits per heavy atom. The highest BCUT2D eigenvalue weighted by molar-refractivity contribution is 6.31. The van der Waals surface area contributed by atoms with Crippen molar-refractivity contribution in [2.24, 2.45) is 0 Å². The molecule has 19 heavy (non-hydrogen) atoms. The Kier molecular flexibility index (Phi) is 4.66. The second-order valence-corrected chi connectivity index (χ2v) is 5.33. The number of methoxy groups -OCH3 is 1. The molecule has 1 heterocycles. The molecule has 1 fully saturated rings. The van der Waals surface area contributed by atoms with Crippen molar-refractivity contribution >= 4 is 17.5 Å². The second-order valence-electron chi connectivity index (χ2n) is 4.90. The summed E-state index contributed by atoms with van der Waals surface area (Å²) in [5.74, 6) is 0.434. The Hall–Kier alpha value is -1.26. The number of nitrogens with one attached hydrogen (secondary N) is 1. The van der Waals surface area contributed by atoms with Gasteiger partial charge in [-0.05, 0) is 51.2 Å². The molecular weight excluding hydrogens is 264 g/mol. The monoisotopic (exact) mass is 282 g/mol. The van der Waals surface area contributed by atoms with E-state index < -0.39 is 0 Å². The Bertz CT molecular complexity index is 457. The Labute approximate surface area is 118 Å². The van der Waals surface area contributed by atoms with E-state index in [4.69, 9.17) is 16.3 Å². The van der Waals surface area contributed by atoms with E-state index in [1.807, 2.05) is 0 Å². The highest BCUT2D eigenvalue weighted by Gasteiger charge is 2.20. The van der Waals surface area contributed by atoms with Crippen LogP contribution >= 0.6 is 11.6 Å². The van der Waals surface area contributed by atoms with Crippen LogP contribution in [-0.4, -0.2) is 44.1 Å². The normalized spacial score (nSPS) is 17.2. The minimum atomic E-state index is -0.117. The highest BCUT2D eigenvalue weighted by Crippen LogP contribution is 2.23. The van der Waals surface area contributed by atoms with Crippen LogP contribution in [0.3, 0.4) is 0 Å². The molecule has 0 bridgehead atoms. The first-order valence-electron chi connectivity index (χ1n) is 6.43. The van der Waals surface area contributed by atoms with Crippen LogP contribution < -0.4 is 10.1 Å². The molecule has 0 saturated carbocycles. The Morgan fingerprint density at radius 3 is 2.74 bits per heavy atom. The van der Waals surface area contributed by atoms with Crippen molar-refractivity contribution in [2.75, 3.05) is 27.2 Å². The number of benzene rings is 1. The smallest absolute Gasteiger partial charge is 0.255 e. The number of ether oxygens (including phenoxy) is 1. The molecule has 1 aromatic carbocycles. The lowest BCUT2D eigenvalue weighted by atomic mass is 10.0. The van der Waals surface area contributed by atoms with Crippen molar-refractivity contribution < 1.29 is 9.53 Å². The van der Waals surface area contributed by atoms with E-state index in [1.54, 1.807) is 25.3 Å². The molecule has 1 aliphatic rings. The van der Waals surface area contributed by atoms with Crippen LogP contribution in [-0.2, 0) is 0 Å². The van der Waals surface area contributed by atoms with E-state index in [-0.39, 0.29) is 11.9 Å². The molecule has 1 aliphatic heterocycles. The van der Waals surface area contributed by atoms with Gasteiger partial charge in [-0.3, -0.25) is 4.79 Å². The molecule has 0 spiro atoms. The zero-order valence-corrected chi connectivity index (χ0v) is 12.0. The maximum Gasteiger partial charge on any atom is 0.255 e. The first-order valence-corrected chi connectivity index (χ1v) is 6.81. The summed E-state index contributed by atoms with van der Waals surface area (Å²) in [6, 6.07) is 5.30. The standard InChI is InChI=1S/C14H19ClN2O2/c1-17-7-5-11(6-8-17)16-14(18)12-9-10(15)3-4-13(12)19-2/h3-4,9,11H,5-8H2,1-2H3,(H,16,18). The van der Waals surface area contributed by atoms with Gasteiger partial charge in [0, 0.05) is 11.1 Å². The van der Waals surface area contributed by atoms with Gasteiger partial charge in [-0.25, -0.2) is 0 Å². The zero-order valence-electron chi connectivity index (χ0n) is 11.3. The number of likely N-dealkylation sites (tertiary alicyclic amines) is 1. The van der Waals surface area contributed by atoms with Crippen LogP contribution in [0.4, 0.5) is 0 Å². The van der Waals surface area contributed by atoms with E-state index in [0.29, 0.717) is 16.3 Å². The minimum absolute atomic E-state index is 0.117. The van der Waals surface area contributed by atoms with Gasteiger partial charge in [0.1, 0.15) is 5.75 Å². The van der Waals surface area contributed by atoms with E-state index >= 15 is 0 Å². The number of hydrogen-bond acceptors (Lipinski definition) is 3. The van der Waals surface area contributed by atoms with Gasteiger partial charge in [-0.15, -0.1) is 0 Å². The van der Waals surface area contributed by atoms with Gasteiger partial charge in [0.15, 0.2) is 0 Å². The van der Waals surface area contributed by atoms with Gasteiger partial charge < -0.3 is 15.0 Å². The average Bonchev–Trinajstić information content (AvgIpc) is 2.41. The maximum atomic E-state index is 12.3. The first kappa shape index (κ1) is 14.2. The van der Waals surface area contributed by atoms with Gasteiger partial charge in [0.2, 0.25) is 0 Å². The quantitative estimate of drug-likeness (QED) is 0.924. The van der Waals surface area contributed by atoms with Crippen molar-refractivity contribution in [1.82, 2.24) is 10.2 Å². The number of carbonyl (C=O) groups is 1. The fourth-order valence-electron chi connectivity index (χ4n) is 2.27. The number of piperidine rings is 1. The molecule has 0 aromatic heterocycles. The van der Waals surface area contributed by atoms with Crippen molar-refractivity contribution in [3.05, 3.63) is 28.8 Å². The topological polar surface area (TPSA) is 41.6 Å². The number of nitrogens with zero attached hydrogens (tertiary/aromatic N) is 1. The number of amides is 1. The molecule has 0 radical (unpaired) electrons. The molecule has 1 N–H and O–H groups in total. The minimum Gasteiger partial charge on any atom is -0.496 e. The van der Waals surface area contributed by atoms with Crippen LogP contribution in [0.2, 0.25) is 5.02 Å². The molecule has 2 rings (SSSR count). The van der Waals surface area contributed by atoms with E-state index in [2.05, 4.69) is 17.3 Å². The van der Waals surface area contributed by atoms with Gasteiger partial charge in [-0.2, -0.15) is 0 Å². The van der Waals surface area contributed by atoms with Gasteiger partial charge in [-0.1, -0.05) is 11.6 Å². The summed E-state index contributed by atoms with van der Waals surface area (Å²) < 4.78 is 5.20. The summed E-state index contributed by atoms with van der Waals surface area (Å²) in [6.07, 6.45) is 1.95. The Balaban J connectivity index is 2.05. The van der Waals surface area contributed by atoms with Crippen molar-refractivity contribution in [1.29, 1.82) is 0 Å². The van der Waals surface area contributed by atoms with Gasteiger partial charge >= 0.3 is 0 Å². The fourth-order valence-corrected chi connectivity index (χ4v) is 2.45. The molecule has 0 aliphatic carbocycles. The average molecular weight is 283 g/mol. The summed E-state index contributed by atoms with van der Waals surface area (Å²) in [5.41, 5.74) is 0.494.